The Labute approximate surface area is 233 Å². The number of carbonyl (C=O) groups is 1. The zero-order valence-electron chi connectivity index (χ0n) is 20.9. The van der Waals surface area contributed by atoms with Crippen molar-refractivity contribution in [2.45, 2.75) is 18.9 Å². The maximum Gasteiger partial charge on any atom is 0.270 e. The summed E-state index contributed by atoms with van der Waals surface area (Å²) >= 11 is 12.8. The fourth-order valence-electron chi connectivity index (χ4n) is 4.77. The summed E-state index contributed by atoms with van der Waals surface area (Å²) < 4.78 is 3.04. The van der Waals surface area contributed by atoms with Crippen LogP contribution < -0.4 is 16.2 Å². The second-order valence-corrected chi connectivity index (χ2v) is 10.3. The zero-order chi connectivity index (χ0) is 27.1. The van der Waals surface area contributed by atoms with Crippen molar-refractivity contribution in [3.63, 3.8) is 0 Å². The van der Waals surface area contributed by atoms with Crippen molar-refractivity contribution in [2.24, 2.45) is 0 Å². The highest BCUT2D eigenvalue weighted by Crippen LogP contribution is 2.29. The van der Waals surface area contributed by atoms with Crippen LogP contribution in [-0.4, -0.2) is 60.9 Å². The predicted molar refractivity (Wildman–Crippen MR) is 152 cm³/mol. The first-order chi connectivity index (χ1) is 18.9. The van der Waals surface area contributed by atoms with E-state index in [-0.39, 0.29) is 23.3 Å². The molecule has 1 fully saturated rings. The van der Waals surface area contributed by atoms with Crippen molar-refractivity contribution in [2.75, 3.05) is 25.5 Å². The Morgan fingerprint density at radius 1 is 1.03 bits per heavy atom. The molecule has 39 heavy (non-hydrogen) atoms. The lowest BCUT2D eigenvalue weighted by atomic mass is 10.0. The number of hydrogen-bond acceptors (Lipinski definition) is 7. The van der Waals surface area contributed by atoms with Crippen LogP contribution in [0.1, 0.15) is 23.2 Å². The van der Waals surface area contributed by atoms with Gasteiger partial charge in [-0.2, -0.15) is 4.98 Å². The van der Waals surface area contributed by atoms with Crippen molar-refractivity contribution >= 4 is 57.6 Å². The van der Waals surface area contributed by atoms with Gasteiger partial charge in [-0.05, 0) is 69.4 Å². The van der Waals surface area contributed by atoms with Crippen LogP contribution >= 0.6 is 23.2 Å². The number of carbonyl (C=O) groups excluding carboxylic acids is 1. The highest BCUT2D eigenvalue weighted by atomic mass is 35.5. The third kappa shape index (κ3) is 4.82. The van der Waals surface area contributed by atoms with Gasteiger partial charge in [0.05, 0.1) is 15.7 Å². The quantitative estimate of drug-likeness (QED) is 0.328. The van der Waals surface area contributed by atoms with Crippen molar-refractivity contribution in [1.29, 1.82) is 0 Å². The highest BCUT2D eigenvalue weighted by Gasteiger charge is 2.20. The van der Waals surface area contributed by atoms with E-state index >= 15 is 0 Å². The average molecular weight is 563 g/mol. The molecule has 1 aliphatic rings. The molecule has 0 atom stereocenters. The summed E-state index contributed by atoms with van der Waals surface area (Å²) in [5, 5.41) is 7.16. The van der Waals surface area contributed by atoms with E-state index < -0.39 is 5.56 Å². The minimum atomic E-state index is -0.398. The van der Waals surface area contributed by atoms with Crippen molar-refractivity contribution in [3.8, 4) is 5.69 Å². The Morgan fingerprint density at radius 3 is 2.46 bits per heavy atom. The monoisotopic (exact) mass is 562 g/mol. The summed E-state index contributed by atoms with van der Waals surface area (Å²) in [4.78, 5) is 41.8. The lowest BCUT2D eigenvalue weighted by molar-refractivity contribution is 0.0917. The predicted octanol–water partition coefficient (Wildman–Crippen LogP) is 4.30. The zero-order valence-corrected chi connectivity index (χ0v) is 22.4. The number of nitrogens with one attached hydrogen (secondary N) is 2. The van der Waals surface area contributed by atoms with Gasteiger partial charge in [-0.1, -0.05) is 29.3 Å². The van der Waals surface area contributed by atoms with Gasteiger partial charge in [-0.3, -0.25) is 14.0 Å². The first kappa shape index (κ1) is 25.3. The third-order valence-corrected chi connectivity index (χ3v) is 7.48. The molecule has 6 rings (SSSR count). The number of nitrogens with zero attached hydrogens (tertiary/aromatic N) is 6. The van der Waals surface area contributed by atoms with Crippen LogP contribution in [0.15, 0.2) is 65.8 Å². The minimum Gasteiger partial charge on any atom is -0.349 e. The summed E-state index contributed by atoms with van der Waals surface area (Å²) in [5.41, 5.74) is 1.59. The Kier molecular flexibility index (Phi) is 6.68. The lowest BCUT2D eigenvalue weighted by Gasteiger charge is -2.29. The summed E-state index contributed by atoms with van der Waals surface area (Å²) in [6, 6.07) is 12.3. The van der Waals surface area contributed by atoms with Gasteiger partial charge in [0.25, 0.3) is 11.5 Å². The molecule has 0 radical (unpaired) electrons. The number of hydrogen-bond donors (Lipinski definition) is 2. The van der Waals surface area contributed by atoms with Gasteiger partial charge in [0.2, 0.25) is 11.7 Å². The molecule has 0 saturated carbocycles. The van der Waals surface area contributed by atoms with Crippen LogP contribution in [-0.2, 0) is 0 Å². The Morgan fingerprint density at radius 2 is 1.74 bits per heavy atom. The highest BCUT2D eigenvalue weighted by molar-refractivity contribution is 6.37. The summed E-state index contributed by atoms with van der Waals surface area (Å²) in [6.45, 7) is 1.96. The van der Waals surface area contributed by atoms with Crippen LogP contribution in [0, 0.1) is 0 Å². The molecule has 1 saturated heterocycles. The van der Waals surface area contributed by atoms with E-state index in [9.17, 15) is 9.59 Å². The number of anilines is 2. The van der Waals surface area contributed by atoms with Crippen molar-refractivity contribution in [3.05, 3.63) is 87.0 Å². The first-order valence-corrected chi connectivity index (χ1v) is 13.2. The largest absolute Gasteiger partial charge is 0.349 e. The van der Waals surface area contributed by atoms with E-state index in [1.807, 2.05) is 0 Å². The van der Waals surface area contributed by atoms with E-state index in [1.54, 1.807) is 59.3 Å². The molecule has 0 unspecified atom stereocenters. The number of halogens is 2. The fourth-order valence-corrected chi connectivity index (χ4v) is 5.33. The van der Waals surface area contributed by atoms with E-state index in [4.69, 9.17) is 23.2 Å². The van der Waals surface area contributed by atoms with Crippen LogP contribution in [0.25, 0.3) is 22.5 Å². The number of fused-ring (bicyclic) bond motifs is 3. The molecule has 2 N–H and O–H groups in total. The molecule has 2 aromatic carbocycles. The standard InChI is InChI=1S/C27H24Cl2N8O2/c1-35-12-9-18(10-13-35)32-24(38)16-5-7-17(8-6-16)33-26-31-15-19-23(34-26)36-14-11-30-27(36)37(25(19)39)22-20(28)3-2-4-21(22)29/h2-8,11,14-15,18H,9-10,12-13H2,1H3,(H,32,38)(H,31,33,34). The van der Waals surface area contributed by atoms with Gasteiger partial charge in [-0.25, -0.2) is 14.5 Å². The van der Waals surface area contributed by atoms with Gasteiger partial charge in [0.15, 0.2) is 5.65 Å². The Balaban J connectivity index is 1.28. The number of amides is 1. The van der Waals surface area contributed by atoms with E-state index in [0.717, 1.165) is 25.9 Å². The topological polar surface area (TPSA) is 109 Å². The third-order valence-electron chi connectivity index (χ3n) is 6.87. The van der Waals surface area contributed by atoms with Crippen LogP contribution in [0.2, 0.25) is 10.0 Å². The molecule has 4 heterocycles. The number of para-hydroxylation sites is 1. The maximum absolute atomic E-state index is 13.5. The van der Waals surface area contributed by atoms with Crippen molar-refractivity contribution < 1.29 is 4.79 Å². The van der Waals surface area contributed by atoms with Crippen molar-refractivity contribution in [1.82, 2.24) is 34.1 Å². The molecule has 10 nitrogen and oxygen atoms in total. The molecule has 5 aromatic rings. The molecule has 0 bridgehead atoms. The molecule has 12 heteroatoms. The number of rotatable bonds is 5. The number of benzene rings is 2. The fraction of sp³-hybridized carbons (Fsp3) is 0.222. The van der Waals surface area contributed by atoms with E-state index in [2.05, 4.69) is 37.5 Å². The van der Waals surface area contributed by atoms with Crippen LogP contribution in [0.3, 0.4) is 0 Å². The average Bonchev–Trinajstić information content (AvgIpc) is 3.42. The molecular formula is C27H24Cl2N8O2. The smallest absolute Gasteiger partial charge is 0.270 e. The number of piperidine rings is 1. The number of aromatic nitrogens is 5. The molecule has 3 aromatic heterocycles. The Bertz CT molecular complexity index is 1740. The van der Waals surface area contributed by atoms with E-state index in [0.29, 0.717) is 38.4 Å². The number of likely N-dealkylation sites (tertiary alicyclic amines) is 1. The van der Waals surface area contributed by atoms with Crippen LogP contribution in [0.5, 0.6) is 0 Å². The van der Waals surface area contributed by atoms with Gasteiger partial charge < -0.3 is 15.5 Å². The van der Waals surface area contributed by atoms with Crippen LogP contribution in [0.4, 0.5) is 11.6 Å². The maximum atomic E-state index is 13.5. The van der Waals surface area contributed by atoms with Gasteiger partial charge in [0.1, 0.15) is 5.39 Å². The minimum absolute atomic E-state index is 0.0875. The molecular weight excluding hydrogens is 539 g/mol. The van der Waals surface area contributed by atoms with Gasteiger partial charge in [-0.15, -0.1) is 0 Å². The first-order valence-electron chi connectivity index (χ1n) is 12.4. The second kappa shape index (κ2) is 10.3. The Hall–Kier alpha value is -3.99. The SMILES string of the molecule is CN1CCC(NC(=O)c2ccc(Nc3ncc4c(=O)n(-c5c(Cl)cccc5Cl)c5nccn5c4n3)cc2)CC1. The molecule has 198 valence electrons. The van der Waals surface area contributed by atoms with Gasteiger partial charge in [0, 0.05) is 35.9 Å². The van der Waals surface area contributed by atoms with E-state index in [1.165, 1.54) is 10.8 Å². The molecule has 0 aliphatic carbocycles. The summed E-state index contributed by atoms with van der Waals surface area (Å²) in [6.07, 6.45) is 6.62. The second-order valence-electron chi connectivity index (χ2n) is 9.49. The summed E-state index contributed by atoms with van der Waals surface area (Å²) in [7, 11) is 2.09. The summed E-state index contributed by atoms with van der Waals surface area (Å²) in [5.74, 6) is 0.511. The molecule has 1 aliphatic heterocycles. The lowest BCUT2D eigenvalue weighted by Crippen LogP contribution is -2.43. The number of imidazole rings is 1. The molecule has 0 spiro atoms. The normalized spacial score (nSPS) is 14.6. The van der Waals surface area contributed by atoms with Gasteiger partial charge >= 0.3 is 0 Å². The molecule has 1 amide bonds.